The third kappa shape index (κ3) is 9.32. The van der Waals surface area contributed by atoms with Crippen molar-refractivity contribution in [2.24, 2.45) is 10.4 Å². The van der Waals surface area contributed by atoms with Gasteiger partial charge in [-0.05, 0) is 32.3 Å². The number of rotatable bonds is 8. The number of carbonyl (C=O) groups is 2. The first-order valence-electron chi connectivity index (χ1n) is 10.9. The second-order valence-corrected chi connectivity index (χ2v) is 8.95. The molecule has 2 rings (SSSR count). The Labute approximate surface area is 209 Å². The highest BCUT2D eigenvalue weighted by Crippen LogP contribution is 2.15. The molecule has 180 valence electrons. The normalized spacial score (nSPS) is 15.5. The van der Waals surface area contributed by atoms with E-state index in [2.05, 4.69) is 50.1 Å². The first-order valence-corrected chi connectivity index (χ1v) is 10.9. The molecule has 1 aliphatic rings. The molecule has 1 aromatic carbocycles. The van der Waals surface area contributed by atoms with Crippen molar-refractivity contribution in [3.63, 3.8) is 0 Å². The molecule has 0 spiro atoms. The van der Waals surface area contributed by atoms with Crippen molar-refractivity contribution in [2.75, 3.05) is 47.3 Å². The van der Waals surface area contributed by atoms with E-state index in [4.69, 9.17) is 0 Å². The van der Waals surface area contributed by atoms with E-state index in [0.717, 1.165) is 32.5 Å². The largest absolute Gasteiger partial charge is 0.359 e. The van der Waals surface area contributed by atoms with Gasteiger partial charge in [0.2, 0.25) is 11.8 Å². The molecule has 0 unspecified atom stereocenters. The van der Waals surface area contributed by atoms with Gasteiger partial charge >= 0.3 is 0 Å². The van der Waals surface area contributed by atoms with Crippen LogP contribution in [0.5, 0.6) is 0 Å². The van der Waals surface area contributed by atoms with Gasteiger partial charge in [-0.1, -0.05) is 30.3 Å². The standard InChI is InChI=1S/C23H38N6O2.HI/c1-23(2,21(31)24-3)17-26-22(25-15-20(30)28(4)5)27-19-11-13-29(14-12-19)16-18-9-7-6-8-10-18;/h6-10,19H,11-17H2,1-5H3,(H,24,31)(H2,25,26,27);1H. The molecule has 1 aromatic rings. The molecule has 0 atom stereocenters. The molecule has 2 amide bonds. The molecular weight excluding hydrogens is 519 g/mol. The molecule has 3 N–H and O–H groups in total. The lowest BCUT2D eigenvalue weighted by atomic mass is 9.92. The third-order valence-electron chi connectivity index (χ3n) is 5.59. The molecule has 0 bridgehead atoms. The number of hydrogen-bond acceptors (Lipinski definition) is 4. The van der Waals surface area contributed by atoms with E-state index in [1.807, 2.05) is 19.9 Å². The van der Waals surface area contributed by atoms with Crippen LogP contribution in [-0.2, 0) is 16.1 Å². The number of nitrogens with zero attached hydrogens (tertiary/aromatic N) is 3. The van der Waals surface area contributed by atoms with Gasteiger partial charge in [0, 0.05) is 53.4 Å². The fourth-order valence-electron chi connectivity index (χ4n) is 3.43. The Morgan fingerprint density at radius 2 is 1.78 bits per heavy atom. The third-order valence-corrected chi connectivity index (χ3v) is 5.59. The van der Waals surface area contributed by atoms with Gasteiger partial charge in [-0.3, -0.25) is 14.5 Å². The van der Waals surface area contributed by atoms with E-state index in [-0.39, 0.29) is 48.4 Å². The minimum absolute atomic E-state index is 0. The molecular formula is C23H39IN6O2. The molecule has 9 heteroatoms. The highest BCUT2D eigenvalue weighted by molar-refractivity contribution is 14.0. The Kier molecular flexibility index (Phi) is 12.0. The highest BCUT2D eigenvalue weighted by Gasteiger charge is 2.27. The Hall–Kier alpha value is -1.88. The lowest BCUT2D eigenvalue weighted by Crippen LogP contribution is -2.52. The van der Waals surface area contributed by atoms with Gasteiger partial charge in [0.1, 0.15) is 6.54 Å². The fraction of sp³-hybridized carbons (Fsp3) is 0.609. The van der Waals surface area contributed by atoms with Crippen LogP contribution in [0.25, 0.3) is 0 Å². The summed E-state index contributed by atoms with van der Waals surface area (Å²) in [5.74, 6) is 0.468. The number of piperidine rings is 1. The minimum atomic E-state index is -0.595. The number of benzene rings is 1. The summed E-state index contributed by atoms with van der Waals surface area (Å²) in [5, 5.41) is 9.43. The Morgan fingerprint density at radius 3 is 2.34 bits per heavy atom. The van der Waals surface area contributed by atoms with Crippen molar-refractivity contribution in [3.05, 3.63) is 35.9 Å². The maximum absolute atomic E-state index is 12.1. The maximum atomic E-state index is 12.1. The topological polar surface area (TPSA) is 89.1 Å². The number of carbonyl (C=O) groups excluding carboxylic acids is 2. The zero-order valence-corrected chi connectivity index (χ0v) is 22.3. The van der Waals surface area contributed by atoms with E-state index >= 15 is 0 Å². The zero-order valence-electron chi connectivity index (χ0n) is 20.0. The van der Waals surface area contributed by atoms with Crippen molar-refractivity contribution in [3.8, 4) is 0 Å². The van der Waals surface area contributed by atoms with Crippen molar-refractivity contribution in [1.29, 1.82) is 0 Å². The monoisotopic (exact) mass is 558 g/mol. The predicted molar refractivity (Wildman–Crippen MR) is 140 cm³/mol. The van der Waals surface area contributed by atoms with E-state index in [0.29, 0.717) is 12.5 Å². The van der Waals surface area contributed by atoms with Gasteiger partial charge in [-0.15, -0.1) is 24.0 Å². The Morgan fingerprint density at radius 1 is 1.16 bits per heavy atom. The summed E-state index contributed by atoms with van der Waals surface area (Å²) in [7, 11) is 5.07. The van der Waals surface area contributed by atoms with E-state index in [1.54, 1.807) is 21.1 Å². The average molecular weight is 559 g/mol. The van der Waals surface area contributed by atoms with Crippen LogP contribution < -0.4 is 16.0 Å². The molecule has 1 saturated heterocycles. The predicted octanol–water partition coefficient (Wildman–Crippen LogP) is 1.66. The van der Waals surface area contributed by atoms with Crippen molar-refractivity contribution >= 4 is 41.8 Å². The molecule has 0 radical (unpaired) electrons. The highest BCUT2D eigenvalue weighted by atomic mass is 127. The number of likely N-dealkylation sites (tertiary alicyclic amines) is 1. The quantitative estimate of drug-likeness (QED) is 0.257. The SMILES string of the molecule is CNC(=O)C(C)(C)CNC(=NCC(=O)N(C)C)NC1CCN(Cc2ccccc2)CC1.I. The maximum Gasteiger partial charge on any atom is 0.243 e. The molecule has 1 fully saturated rings. The Balaban J connectivity index is 0.00000512. The van der Waals surface area contributed by atoms with Gasteiger partial charge < -0.3 is 20.9 Å². The molecule has 32 heavy (non-hydrogen) atoms. The average Bonchev–Trinajstić information content (AvgIpc) is 2.76. The second kappa shape index (κ2) is 13.6. The van der Waals surface area contributed by atoms with Gasteiger partial charge in [0.05, 0.1) is 5.41 Å². The summed E-state index contributed by atoms with van der Waals surface area (Å²) in [6.45, 7) is 7.20. The molecule has 1 aliphatic heterocycles. The summed E-state index contributed by atoms with van der Waals surface area (Å²) in [6, 6.07) is 10.8. The summed E-state index contributed by atoms with van der Waals surface area (Å²) in [4.78, 5) is 32.6. The van der Waals surface area contributed by atoms with Gasteiger partial charge in [0.15, 0.2) is 5.96 Å². The number of likely N-dealkylation sites (N-methyl/N-ethyl adjacent to an activating group) is 1. The number of hydrogen-bond donors (Lipinski definition) is 3. The molecule has 8 nitrogen and oxygen atoms in total. The number of halogens is 1. The van der Waals surface area contributed by atoms with Crippen LogP contribution in [0.2, 0.25) is 0 Å². The molecule has 0 aliphatic carbocycles. The van der Waals surface area contributed by atoms with Crippen molar-refractivity contribution < 1.29 is 9.59 Å². The summed E-state index contributed by atoms with van der Waals surface area (Å²) < 4.78 is 0. The van der Waals surface area contributed by atoms with Crippen LogP contribution in [0, 0.1) is 5.41 Å². The molecule has 0 saturated carbocycles. The van der Waals surface area contributed by atoms with Crippen LogP contribution in [0.15, 0.2) is 35.3 Å². The van der Waals surface area contributed by atoms with Crippen LogP contribution in [0.1, 0.15) is 32.3 Å². The van der Waals surface area contributed by atoms with Gasteiger partial charge in [-0.2, -0.15) is 0 Å². The summed E-state index contributed by atoms with van der Waals surface area (Å²) in [5.41, 5.74) is 0.735. The lowest BCUT2D eigenvalue weighted by Gasteiger charge is -2.33. The van der Waals surface area contributed by atoms with Gasteiger partial charge in [0.25, 0.3) is 0 Å². The van der Waals surface area contributed by atoms with Crippen LogP contribution in [0.3, 0.4) is 0 Å². The first-order chi connectivity index (χ1) is 14.7. The number of amides is 2. The van der Waals surface area contributed by atoms with E-state index in [9.17, 15) is 9.59 Å². The second-order valence-electron chi connectivity index (χ2n) is 8.95. The smallest absolute Gasteiger partial charge is 0.243 e. The van der Waals surface area contributed by atoms with Gasteiger partial charge in [-0.25, -0.2) is 4.99 Å². The van der Waals surface area contributed by atoms with Crippen LogP contribution >= 0.6 is 24.0 Å². The fourth-order valence-corrected chi connectivity index (χ4v) is 3.43. The lowest BCUT2D eigenvalue weighted by molar-refractivity contribution is -0.128. The number of nitrogens with one attached hydrogen (secondary N) is 3. The number of guanidine groups is 1. The van der Waals surface area contributed by atoms with E-state index < -0.39 is 5.41 Å². The van der Waals surface area contributed by atoms with Crippen LogP contribution in [0.4, 0.5) is 0 Å². The number of aliphatic imine (C=N–C) groups is 1. The zero-order chi connectivity index (χ0) is 22.9. The van der Waals surface area contributed by atoms with Crippen LogP contribution in [-0.4, -0.2) is 80.9 Å². The first kappa shape index (κ1) is 28.2. The summed E-state index contributed by atoms with van der Waals surface area (Å²) in [6.07, 6.45) is 1.99. The van der Waals surface area contributed by atoms with Crippen molar-refractivity contribution in [1.82, 2.24) is 25.8 Å². The minimum Gasteiger partial charge on any atom is -0.359 e. The van der Waals surface area contributed by atoms with E-state index in [1.165, 1.54) is 10.5 Å². The molecule has 0 aromatic heterocycles. The van der Waals surface area contributed by atoms with Crippen molar-refractivity contribution in [2.45, 2.75) is 39.3 Å². The summed E-state index contributed by atoms with van der Waals surface area (Å²) >= 11 is 0. The Bertz CT molecular complexity index is 746. The molecule has 1 heterocycles.